The van der Waals surface area contributed by atoms with E-state index in [-0.39, 0.29) is 17.0 Å². The monoisotopic (exact) mass is 336 g/mol. The van der Waals surface area contributed by atoms with E-state index in [1.807, 2.05) is 17.8 Å². The minimum atomic E-state index is 0. The molecule has 0 N–H and O–H groups in total. The van der Waals surface area contributed by atoms with Crippen LogP contribution in [0.15, 0.2) is 58.2 Å². The highest BCUT2D eigenvalue weighted by atomic mass is 79.9. The zero-order valence-corrected chi connectivity index (χ0v) is 13.5. The summed E-state index contributed by atoms with van der Waals surface area (Å²) in [6.45, 7) is 4.17. The lowest BCUT2D eigenvalue weighted by atomic mass is 10.2. The highest BCUT2D eigenvalue weighted by molar-refractivity contribution is 7.99. The summed E-state index contributed by atoms with van der Waals surface area (Å²) in [5.41, 5.74) is 3.65. The smallest absolute Gasteiger partial charge is 0.321 e. The number of hydrogen-bond donors (Lipinski definition) is 0. The molecule has 0 bridgehead atoms. The van der Waals surface area contributed by atoms with Gasteiger partial charge in [-0.25, -0.2) is 4.42 Å². The molecule has 0 fully saturated rings. The molecular formula is C16H17BrOS. The third kappa shape index (κ3) is 4.84. The van der Waals surface area contributed by atoms with Gasteiger partial charge in [0.25, 0.3) is 0 Å². The second-order valence-electron chi connectivity index (χ2n) is 4.19. The van der Waals surface area contributed by atoms with Crippen molar-refractivity contribution in [3.8, 4) is 0 Å². The Morgan fingerprint density at radius 2 is 1.68 bits per heavy atom. The van der Waals surface area contributed by atoms with Gasteiger partial charge in [-0.15, -0.1) is 11.8 Å². The molecule has 0 aliphatic carbocycles. The molecule has 0 saturated heterocycles. The average Bonchev–Trinajstić information content (AvgIpc) is 2.38. The van der Waals surface area contributed by atoms with Crippen LogP contribution in [0.5, 0.6) is 0 Å². The fourth-order valence-electron chi connectivity index (χ4n) is 1.76. The van der Waals surface area contributed by atoms with Crippen molar-refractivity contribution in [2.24, 2.45) is 0 Å². The molecule has 1 aromatic carbocycles. The number of halogens is 1. The Labute approximate surface area is 129 Å². The van der Waals surface area contributed by atoms with Crippen LogP contribution in [-0.2, 0) is 0 Å². The van der Waals surface area contributed by atoms with E-state index in [9.17, 15) is 0 Å². The molecule has 3 heteroatoms. The van der Waals surface area contributed by atoms with Gasteiger partial charge in [0.1, 0.15) is 0 Å². The highest BCUT2D eigenvalue weighted by Crippen LogP contribution is 2.26. The largest absolute Gasteiger partial charge is 1.00 e. The van der Waals surface area contributed by atoms with E-state index >= 15 is 0 Å². The van der Waals surface area contributed by atoms with Crippen molar-refractivity contribution in [1.82, 2.24) is 0 Å². The van der Waals surface area contributed by atoms with Crippen LogP contribution < -0.4 is 17.0 Å². The Kier molecular flexibility index (Phi) is 6.89. The van der Waals surface area contributed by atoms with Crippen molar-refractivity contribution in [3.63, 3.8) is 0 Å². The number of rotatable bonds is 4. The van der Waals surface area contributed by atoms with Crippen molar-refractivity contribution in [2.45, 2.75) is 18.7 Å². The van der Waals surface area contributed by atoms with Gasteiger partial charge in [0.05, 0.1) is 11.1 Å². The second-order valence-corrected chi connectivity index (χ2v) is 5.22. The summed E-state index contributed by atoms with van der Waals surface area (Å²) in [6, 6.07) is 10.4. The molecule has 0 atom stereocenters. The van der Waals surface area contributed by atoms with Gasteiger partial charge >= 0.3 is 12.5 Å². The molecule has 1 aromatic heterocycles. The summed E-state index contributed by atoms with van der Waals surface area (Å²) < 4.78 is 5.22. The van der Waals surface area contributed by atoms with Crippen molar-refractivity contribution in [3.05, 3.63) is 65.6 Å². The zero-order chi connectivity index (χ0) is 12.8. The summed E-state index contributed by atoms with van der Waals surface area (Å²) in [4.78, 5) is 1.32. The Bertz CT molecular complexity index is 517. The van der Waals surface area contributed by atoms with E-state index in [1.165, 1.54) is 21.6 Å². The number of aryl methyl sites for hydroxylation is 2. The van der Waals surface area contributed by atoms with Crippen LogP contribution in [0.1, 0.15) is 16.7 Å². The molecule has 0 amide bonds. The lowest BCUT2D eigenvalue weighted by molar-refractivity contribution is -0.00000401. The van der Waals surface area contributed by atoms with Crippen LogP contribution in [0.3, 0.4) is 0 Å². The maximum absolute atomic E-state index is 5.22. The van der Waals surface area contributed by atoms with Gasteiger partial charge in [0, 0.05) is 10.6 Å². The van der Waals surface area contributed by atoms with Crippen LogP contribution in [0.25, 0.3) is 6.08 Å². The minimum absolute atomic E-state index is 0. The lowest BCUT2D eigenvalue weighted by Crippen LogP contribution is -3.00. The first-order valence-electron chi connectivity index (χ1n) is 5.98. The summed E-state index contributed by atoms with van der Waals surface area (Å²) in [7, 11) is 0. The molecule has 0 saturated carbocycles. The fraction of sp³-hybridized carbons (Fsp3) is 0.188. The Morgan fingerprint density at radius 1 is 1.05 bits per heavy atom. The normalized spacial score (nSPS) is 10.4. The van der Waals surface area contributed by atoms with Crippen molar-refractivity contribution < 1.29 is 21.4 Å². The predicted molar refractivity (Wildman–Crippen MR) is 78.8 cm³/mol. The van der Waals surface area contributed by atoms with E-state index in [1.54, 1.807) is 12.5 Å². The van der Waals surface area contributed by atoms with E-state index in [0.29, 0.717) is 0 Å². The van der Waals surface area contributed by atoms with Crippen LogP contribution >= 0.6 is 11.8 Å². The summed E-state index contributed by atoms with van der Waals surface area (Å²) in [5, 5.41) is 0. The predicted octanol–water partition coefficient (Wildman–Crippen LogP) is 1.99. The van der Waals surface area contributed by atoms with Gasteiger partial charge in [-0.1, -0.05) is 42.5 Å². The van der Waals surface area contributed by atoms with Gasteiger partial charge in [-0.05, 0) is 19.4 Å². The van der Waals surface area contributed by atoms with E-state index in [0.717, 1.165) is 5.75 Å². The molecule has 2 aromatic rings. The molecule has 19 heavy (non-hydrogen) atoms. The average molecular weight is 337 g/mol. The Hall–Kier alpha value is -1.06. The Balaban J connectivity index is 0.00000180. The molecule has 0 aliphatic heterocycles. The second kappa shape index (κ2) is 8.18. The van der Waals surface area contributed by atoms with E-state index in [4.69, 9.17) is 4.42 Å². The van der Waals surface area contributed by atoms with Crippen LogP contribution in [-0.4, -0.2) is 5.75 Å². The molecule has 0 radical (unpaired) electrons. The van der Waals surface area contributed by atoms with Crippen LogP contribution in [0.4, 0.5) is 0 Å². The first-order valence-corrected chi connectivity index (χ1v) is 6.97. The van der Waals surface area contributed by atoms with Gasteiger partial charge in [0.15, 0.2) is 0 Å². The summed E-state index contributed by atoms with van der Waals surface area (Å²) in [6.07, 6.45) is 7.96. The maximum Gasteiger partial charge on any atom is 0.321 e. The van der Waals surface area contributed by atoms with Crippen molar-refractivity contribution >= 4 is 17.8 Å². The third-order valence-electron chi connectivity index (χ3n) is 2.64. The molecule has 1 nitrogen and oxygen atoms in total. The number of benzene rings is 1. The zero-order valence-electron chi connectivity index (χ0n) is 11.1. The van der Waals surface area contributed by atoms with Crippen LogP contribution in [0.2, 0.25) is 0 Å². The first kappa shape index (κ1) is 16.0. The van der Waals surface area contributed by atoms with Crippen LogP contribution in [0, 0.1) is 13.8 Å². The van der Waals surface area contributed by atoms with Crippen molar-refractivity contribution in [2.75, 3.05) is 5.75 Å². The third-order valence-corrected chi connectivity index (χ3v) is 3.93. The first-order chi connectivity index (χ1) is 8.77. The van der Waals surface area contributed by atoms with Gasteiger partial charge in [-0.3, -0.25) is 0 Å². The van der Waals surface area contributed by atoms with E-state index in [2.05, 4.69) is 50.3 Å². The van der Waals surface area contributed by atoms with Gasteiger partial charge in [-0.2, -0.15) is 0 Å². The SMILES string of the molecule is Cc1c[o+]cc(C)c1SCC=Cc1ccccc1.[Br-]. The topological polar surface area (TPSA) is 11.3 Å². The summed E-state index contributed by atoms with van der Waals surface area (Å²) in [5.74, 6) is 0.973. The van der Waals surface area contributed by atoms with Gasteiger partial charge in [0.2, 0.25) is 0 Å². The fourth-order valence-corrected chi connectivity index (χ4v) is 2.67. The quantitative estimate of drug-likeness (QED) is 0.624. The molecule has 0 spiro atoms. The minimum Gasteiger partial charge on any atom is -1.00 e. The number of hydrogen-bond acceptors (Lipinski definition) is 1. The summed E-state index contributed by atoms with van der Waals surface area (Å²) >= 11 is 1.85. The highest BCUT2D eigenvalue weighted by Gasteiger charge is 2.08. The van der Waals surface area contributed by atoms with E-state index < -0.39 is 0 Å². The molecule has 0 unspecified atom stereocenters. The standard InChI is InChI=1S/C16H17OS.BrH/c1-13-11-17-12-14(2)16(13)18-10-6-9-15-7-4-3-5-8-15;/h3-9,11-12H,10H2,1-2H3;1H/q+1;/p-1. The molecule has 100 valence electrons. The molecule has 1 heterocycles. The number of thioether (sulfide) groups is 1. The van der Waals surface area contributed by atoms with Gasteiger partial charge < -0.3 is 17.0 Å². The molecular weight excluding hydrogens is 320 g/mol. The molecule has 0 aliphatic rings. The van der Waals surface area contributed by atoms with Crippen molar-refractivity contribution in [1.29, 1.82) is 0 Å². The lowest BCUT2D eigenvalue weighted by Gasteiger charge is -2.01. The maximum atomic E-state index is 5.22. The molecule has 2 rings (SSSR count). The Morgan fingerprint density at radius 3 is 2.32 bits per heavy atom.